The van der Waals surface area contributed by atoms with E-state index in [1.54, 1.807) is 33.2 Å². The molecule has 1 rings (SSSR count). The molecule has 1 aromatic carbocycles. The van der Waals surface area contributed by atoms with Gasteiger partial charge in [0.05, 0.1) is 11.5 Å². The van der Waals surface area contributed by atoms with Crippen LogP contribution < -0.4 is 5.73 Å². The summed E-state index contributed by atoms with van der Waals surface area (Å²) in [4.78, 5) is 0.288. The Morgan fingerprint density at radius 3 is 2.37 bits per heavy atom. The van der Waals surface area contributed by atoms with E-state index in [4.69, 9.17) is 10.5 Å². The highest BCUT2D eigenvalue weighted by Gasteiger charge is 2.24. The minimum atomic E-state index is -3.47. The Kier molecular flexibility index (Phi) is 5.93. The Hall–Kier alpha value is -0.950. The zero-order valence-electron chi connectivity index (χ0n) is 11.7. The van der Waals surface area contributed by atoms with E-state index in [1.807, 2.05) is 12.1 Å². The van der Waals surface area contributed by atoms with E-state index in [0.29, 0.717) is 13.2 Å². The monoisotopic (exact) mass is 286 g/mol. The van der Waals surface area contributed by atoms with Gasteiger partial charge in [0, 0.05) is 26.7 Å². The molecule has 2 N–H and O–H groups in total. The Bertz CT molecular complexity index is 485. The molecular formula is C13H22N2O3S. The van der Waals surface area contributed by atoms with Gasteiger partial charge in [-0.3, -0.25) is 0 Å². The second-order valence-electron chi connectivity index (χ2n) is 4.49. The molecule has 0 saturated heterocycles. The van der Waals surface area contributed by atoms with Crippen LogP contribution in [-0.2, 0) is 21.2 Å². The van der Waals surface area contributed by atoms with E-state index in [9.17, 15) is 8.42 Å². The number of nitrogens with two attached hydrogens (primary N) is 1. The van der Waals surface area contributed by atoms with Crippen molar-refractivity contribution in [2.75, 3.05) is 27.3 Å². The molecular weight excluding hydrogens is 264 g/mol. The zero-order chi connectivity index (χ0) is 14.5. The van der Waals surface area contributed by atoms with Gasteiger partial charge in [-0.1, -0.05) is 12.1 Å². The van der Waals surface area contributed by atoms with Gasteiger partial charge in [-0.2, -0.15) is 4.31 Å². The van der Waals surface area contributed by atoms with Gasteiger partial charge < -0.3 is 10.5 Å². The Morgan fingerprint density at radius 1 is 1.32 bits per heavy atom. The first-order valence-electron chi connectivity index (χ1n) is 6.19. The second-order valence-corrected chi connectivity index (χ2v) is 6.49. The summed E-state index contributed by atoms with van der Waals surface area (Å²) in [7, 11) is -0.277. The molecule has 0 aromatic heterocycles. The number of ether oxygens (including phenoxy) is 1. The highest BCUT2D eigenvalue weighted by atomic mass is 32.2. The predicted octanol–water partition coefficient (Wildman–Crippen LogP) is 0.843. The minimum Gasteiger partial charge on any atom is -0.384 e. The maximum absolute atomic E-state index is 12.3. The van der Waals surface area contributed by atoms with Gasteiger partial charge in [-0.15, -0.1) is 0 Å². The van der Waals surface area contributed by atoms with Gasteiger partial charge in [-0.25, -0.2) is 8.42 Å². The summed E-state index contributed by atoms with van der Waals surface area (Å²) in [5.74, 6) is 0. The maximum atomic E-state index is 12.3. The highest BCUT2D eigenvalue weighted by Crippen LogP contribution is 2.17. The van der Waals surface area contributed by atoms with Crippen molar-refractivity contribution < 1.29 is 13.2 Å². The molecule has 0 radical (unpaired) electrons. The summed E-state index contributed by atoms with van der Waals surface area (Å²) in [6.07, 6.45) is 0.770. The molecule has 0 heterocycles. The molecule has 19 heavy (non-hydrogen) atoms. The SMILES string of the molecule is COCCc1ccc(S(=O)(=O)N(C)C(C)CN)cc1. The number of likely N-dealkylation sites (N-methyl/N-ethyl adjacent to an activating group) is 1. The molecule has 5 nitrogen and oxygen atoms in total. The molecule has 1 atom stereocenters. The number of nitrogens with zero attached hydrogens (tertiary/aromatic N) is 1. The van der Waals surface area contributed by atoms with Crippen molar-refractivity contribution in [1.82, 2.24) is 4.31 Å². The van der Waals surface area contributed by atoms with Crippen LogP contribution in [0.15, 0.2) is 29.2 Å². The molecule has 1 aromatic rings. The third-order valence-corrected chi connectivity index (χ3v) is 5.14. The number of rotatable bonds is 7. The van der Waals surface area contributed by atoms with Crippen molar-refractivity contribution >= 4 is 10.0 Å². The molecule has 0 aliphatic carbocycles. The van der Waals surface area contributed by atoms with Gasteiger partial charge in [-0.05, 0) is 31.0 Å². The number of hydrogen-bond acceptors (Lipinski definition) is 4. The van der Waals surface area contributed by atoms with E-state index in [2.05, 4.69) is 0 Å². The van der Waals surface area contributed by atoms with Crippen LogP contribution in [0.1, 0.15) is 12.5 Å². The highest BCUT2D eigenvalue weighted by molar-refractivity contribution is 7.89. The fourth-order valence-corrected chi connectivity index (χ4v) is 2.97. The minimum absolute atomic E-state index is 0.224. The molecule has 0 amide bonds. The van der Waals surface area contributed by atoms with Gasteiger partial charge in [0.15, 0.2) is 0 Å². The molecule has 1 unspecified atom stereocenters. The van der Waals surface area contributed by atoms with E-state index in [0.717, 1.165) is 12.0 Å². The summed E-state index contributed by atoms with van der Waals surface area (Å²) in [6, 6.07) is 6.65. The van der Waals surface area contributed by atoms with Gasteiger partial charge >= 0.3 is 0 Å². The molecule has 0 spiro atoms. The number of sulfonamides is 1. The fourth-order valence-electron chi connectivity index (χ4n) is 1.60. The van der Waals surface area contributed by atoms with Crippen molar-refractivity contribution in [1.29, 1.82) is 0 Å². The Balaban J connectivity index is 2.90. The zero-order valence-corrected chi connectivity index (χ0v) is 12.5. The number of methoxy groups -OCH3 is 1. The fraction of sp³-hybridized carbons (Fsp3) is 0.538. The van der Waals surface area contributed by atoms with Crippen LogP contribution in [0.25, 0.3) is 0 Å². The number of benzene rings is 1. The van der Waals surface area contributed by atoms with Gasteiger partial charge in [0.1, 0.15) is 0 Å². The smallest absolute Gasteiger partial charge is 0.243 e. The van der Waals surface area contributed by atoms with Crippen LogP contribution in [0.3, 0.4) is 0 Å². The lowest BCUT2D eigenvalue weighted by molar-refractivity contribution is 0.202. The first-order valence-corrected chi connectivity index (χ1v) is 7.63. The summed E-state index contributed by atoms with van der Waals surface area (Å²) < 4.78 is 30.9. The average molecular weight is 286 g/mol. The molecule has 108 valence electrons. The summed E-state index contributed by atoms with van der Waals surface area (Å²) in [5.41, 5.74) is 6.56. The molecule has 0 bridgehead atoms. The summed E-state index contributed by atoms with van der Waals surface area (Å²) in [5, 5.41) is 0. The van der Waals surface area contributed by atoms with Gasteiger partial charge in [0.2, 0.25) is 10.0 Å². The van der Waals surface area contributed by atoms with Crippen LogP contribution in [0.4, 0.5) is 0 Å². The van der Waals surface area contributed by atoms with Crippen LogP contribution in [0.2, 0.25) is 0 Å². The molecule has 0 aliphatic heterocycles. The van der Waals surface area contributed by atoms with Crippen molar-refractivity contribution in [2.45, 2.75) is 24.3 Å². The van der Waals surface area contributed by atoms with Crippen molar-refractivity contribution in [3.05, 3.63) is 29.8 Å². The van der Waals surface area contributed by atoms with Gasteiger partial charge in [0.25, 0.3) is 0 Å². The Labute approximate surface area is 115 Å². The maximum Gasteiger partial charge on any atom is 0.243 e. The lowest BCUT2D eigenvalue weighted by atomic mass is 10.2. The van der Waals surface area contributed by atoms with Crippen LogP contribution in [-0.4, -0.2) is 46.1 Å². The first-order chi connectivity index (χ1) is 8.93. The summed E-state index contributed by atoms with van der Waals surface area (Å²) in [6.45, 7) is 2.70. The van der Waals surface area contributed by atoms with E-state index in [1.165, 1.54) is 4.31 Å². The average Bonchev–Trinajstić information content (AvgIpc) is 2.43. The molecule has 0 fully saturated rings. The largest absolute Gasteiger partial charge is 0.384 e. The molecule has 0 aliphatic rings. The van der Waals surface area contributed by atoms with Crippen molar-refractivity contribution in [2.24, 2.45) is 5.73 Å². The lowest BCUT2D eigenvalue weighted by Gasteiger charge is -2.23. The number of hydrogen-bond donors (Lipinski definition) is 1. The van der Waals surface area contributed by atoms with E-state index >= 15 is 0 Å². The Morgan fingerprint density at radius 2 is 1.89 bits per heavy atom. The topological polar surface area (TPSA) is 72.6 Å². The third-order valence-electron chi connectivity index (χ3n) is 3.16. The lowest BCUT2D eigenvalue weighted by Crippen LogP contribution is -2.39. The molecule has 6 heteroatoms. The van der Waals surface area contributed by atoms with E-state index in [-0.39, 0.29) is 10.9 Å². The van der Waals surface area contributed by atoms with Crippen molar-refractivity contribution in [3.63, 3.8) is 0 Å². The van der Waals surface area contributed by atoms with Crippen LogP contribution in [0, 0.1) is 0 Å². The molecule has 0 saturated carbocycles. The first kappa shape index (κ1) is 16.1. The third kappa shape index (κ3) is 4.01. The quantitative estimate of drug-likeness (QED) is 0.806. The van der Waals surface area contributed by atoms with Crippen LogP contribution >= 0.6 is 0 Å². The van der Waals surface area contributed by atoms with Crippen LogP contribution in [0.5, 0.6) is 0 Å². The second kappa shape index (κ2) is 7.00. The standard InChI is InChI=1S/C13H22N2O3S/c1-11(10-14)15(2)19(16,17)13-6-4-12(5-7-13)8-9-18-3/h4-7,11H,8-10,14H2,1-3H3. The predicted molar refractivity (Wildman–Crippen MR) is 75.5 cm³/mol. The normalized spacial score (nSPS) is 13.7. The summed E-state index contributed by atoms with van der Waals surface area (Å²) >= 11 is 0. The van der Waals surface area contributed by atoms with E-state index < -0.39 is 10.0 Å². The van der Waals surface area contributed by atoms with Crippen molar-refractivity contribution in [3.8, 4) is 0 Å².